The predicted octanol–water partition coefficient (Wildman–Crippen LogP) is 1.38. The lowest BCUT2D eigenvalue weighted by Crippen LogP contribution is -2.49. The molecule has 1 N–H and O–H groups in total. The SMILES string of the molecule is CNC(C)(C#N)CCN1CCCC(C)(OC)C1. The monoisotopic (exact) mass is 239 g/mol. The van der Waals surface area contributed by atoms with Crippen molar-refractivity contribution in [2.24, 2.45) is 0 Å². The zero-order chi connectivity index (χ0) is 12.9. The van der Waals surface area contributed by atoms with E-state index in [0.717, 1.165) is 32.5 Å². The van der Waals surface area contributed by atoms with Gasteiger partial charge in [-0.05, 0) is 46.7 Å². The number of nitriles is 1. The zero-order valence-electron chi connectivity index (χ0n) is 11.5. The van der Waals surface area contributed by atoms with Crippen LogP contribution in [-0.2, 0) is 4.74 Å². The minimum Gasteiger partial charge on any atom is -0.377 e. The fourth-order valence-corrected chi connectivity index (χ4v) is 2.28. The number of piperidine rings is 1. The Kier molecular flexibility index (Phi) is 4.93. The summed E-state index contributed by atoms with van der Waals surface area (Å²) in [5, 5.41) is 12.2. The Hall–Kier alpha value is -0.630. The van der Waals surface area contributed by atoms with Gasteiger partial charge in [-0.2, -0.15) is 5.26 Å². The van der Waals surface area contributed by atoms with E-state index in [0.29, 0.717) is 0 Å². The Morgan fingerprint density at radius 2 is 2.29 bits per heavy atom. The molecule has 0 aromatic heterocycles. The highest BCUT2D eigenvalue weighted by molar-refractivity contribution is 5.03. The predicted molar refractivity (Wildman–Crippen MR) is 68.8 cm³/mol. The van der Waals surface area contributed by atoms with Gasteiger partial charge in [-0.3, -0.25) is 0 Å². The first kappa shape index (κ1) is 14.4. The number of ether oxygens (including phenoxy) is 1. The Bertz CT molecular complexity index is 289. The summed E-state index contributed by atoms with van der Waals surface area (Å²) in [6.07, 6.45) is 3.15. The summed E-state index contributed by atoms with van der Waals surface area (Å²) in [6, 6.07) is 2.33. The van der Waals surface area contributed by atoms with Gasteiger partial charge in [0.05, 0.1) is 11.7 Å². The molecule has 0 bridgehead atoms. The lowest BCUT2D eigenvalue weighted by molar-refractivity contribution is -0.0515. The third-order valence-corrected chi connectivity index (χ3v) is 3.96. The highest BCUT2D eigenvalue weighted by atomic mass is 16.5. The maximum Gasteiger partial charge on any atom is 0.104 e. The summed E-state index contributed by atoms with van der Waals surface area (Å²) in [4.78, 5) is 2.40. The van der Waals surface area contributed by atoms with Crippen LogP contribution in [0.1, 0.15) is 33.1 Å². The molecule has 1 heterocycles. The van der Waals surface area contributed by atoms with Gasteiger partial charge in [-0.15, -0.1) is 0 Å². The van der Waals surface area contributed by atoms with Crippen LogP contribution in [0.4, 0.5) is 0 Å². The molecule has 0 saturated carbocycles. The van der Waals surface area contributed by atoms with Crippen molar-refractivity contribution in [1.29, 1.82) is 5.26 Å². The van der Waals surface area contributed by atoms with E-state index in [2.05, 4.69) is 23.2 Å². The number of hydrogen-bond acceptors (Lipinski definition) is 4. The molecule has 1 saturated heterocycles. The highest BCUT2D eigenvalue weighted by Crippen LogP contribution is 2.24. The summed E-state index contributed by atoms with van der Waals surface area (Å²) >= 11 is 0. The van der Waals surface area contributed by atoms with Crippen LogP contribution >= 0.6 is 0 Å². The quantitative estimate of drug-likeness (QED) is 0.787. The average Bonchev–Trinajstić information content (AvgIpc) is 2.36. The van der Waals surface area contributed by atoms with Gasteiger partial charge in [0.1, 0.15) is 5.54 Å². The van der Waals surface area contributed by atoms with E-state index in [9.17, 15) is 0 Å². The van der Waals surface area contributed by atoms with Crippen molar-refractivity contribution < 1.29 is 4.74 Å². The van der Waals surface area contributed by atoms with Gasteiger partial charge in [0.15, 0.2) is 0 Å². The number of hydrogen-bond donors (Lipinski definition) is 1. The number of likely N-dealkylation sites (tertiary alicyclic amines) is 1. The molecular weight excluding hydrogens is 214 g/mol. The first-order valence-corrected chi connectivity index (χ1v) is 6.35. The van der Waals surface area contributed by atoms with Crippen LogP contribution < -0.4 is 5.32 Å². The molecule has 0 aromatic rings. The second kappa shape index (κ2) is 5.81. The van der Waals surface area contributed by atoms with Gasteiger partial charge < -0.3 is 15.0 Å². The molecule has 98 valence electrons. The number of nitrogens with zero attached hydrogens (tertiary/aromatic N) is 2. The standard InChI is InChI=1S/C13H25N3O/c1-12(10-14,15-3)7-9-16-8-5-6-13(2,11-16)17-4/h15H,5-9,11H2,1-4H3. The Morgan fingerprint density at radius 1 is 1.59 bits per heavy atom. The highest BCUT2D eigenvalue weighted by Gasteiger charge is 2.31. The summed E-state index contributed by atoms with van der Waals surface area (Å²) in [6.45, 7) is 7.15. The van der Waals surface area contributed by atoms with E-state index < -0.39 is 5.54 Å². The molecule has 1 fully saturated rings. The number of methoxy groups -OCH3 is 1. The van der Waals surface area contributed by atoms with E-state index in [-0.39, 0.29) is 5.60 Å². The van der Waals surface area contributed by atoms with Crippen LogP contribution in [0.25, 0.3) is 0 Å². The van der Waals surface area contributed by atoms with E-state index in [1.165, 1.54) is 6.42 Å². The van der Waals surface area contributed by atoms with E-state index in [1.54, 1.807) is 7.11 Å². The van der Waals surface area contributed by atoms with Gasteiger partial charge >= 0.3 is 0 Å². The molecule has 0 radical (unpaired) electrons. The van der Waals surface area contributed by atoms with Gasteiger partial charge in [-0.1, -0.05) is 0 Å². The lowest BCUT2D eigenvalue weighted by atomic mass is 9.93. The molecule has 1 rings (SSSR count). The lowest BCUT2D eigenvalue weighted by Gasteiger charge is -2.40. The van der Waals surface area contributed by atoms with Crippen molar-refractivity contribution in [2.75, 3.05) is 33.8 Å². The van der Waals surface area contributed by atoms with Gasteiger partial charge in [0, 0.05) is 20.2 Å². The molecule has 0 aromatic carbocycles. The van der Waals surface area contributed by atoms with Crippen LogP contribution in [0, 0.1) is 11.3 Å². The first-order valence-electron chi connectivity index (χ1n) is 6.35. The Labute approximate surface area is 105 Å². The van der Waals surface area contributed by atoms with Crippen molar-refractivity contribution in [3.05, 3.63) is 0 Å². The molecule has 17 heavy (non-hydrogen) atoms. The molecule has 0 spiro atoms. The zero-order valence-corrected chi connectivity index (χ0v) is 11.5. The van der Waals surface area contributed by atoms with Crippen LogP contribution in [0.2, 0.25) is 0 Å². The topological polar surface area (TPSA) is 48.3 Å². The smallest absolute Gasteiger partial charge is 0.104 e. The van der Waals surface area contributed by atoms with Crippen molar-refractivity contribution in [3.8, 4) is 6.07 Å². The average molecular weight is 239 g/mol. The second-order valence-corrected chi connectivity index (χ2v) is 5.48. The molecule has 2 unspecified atom stereocenters. The summed E-state index contributed by atoms with van der Waals surface area (Å²) < 4.78 is 5.57. The second-order valence-electron chi connectivity index (χ2n) is 5.48. The van der Waals surface area contributed by atoms with E-state index >= 15 is 0 Å². The molecule has 2 atom stereocenters. The van der Waals surface area contributed by atoms with E-state index in [4.69, 9.17) is 10.00 Å². The third-order valence-electron chi connectivity index (χ3n) is 3.96. The summed E-state index contributed by atoms with van der Waals surface area (Å²) in [5.41, 5.74) is -0.429. The Morgan fingerprint density at radius 3 is 2.82 bits per heavy atom. The van der Waals surface area contributed by atoms with Gasteiger partial charge in [0.25, 0.3) is 0 Å². The molecule has 1 aliphatic heterocycles. The molecule has 1 aliphatic rings. The van der Waals surface area contributed by atoms with Crippen LogP contribution in [0.3, 0.4) is 0 Å². The first-order chi connectivity index (χ1) is 7.97. The van der Waals surface area contributed by atoms with Crippen LogP contribution in [0.5, 0.6) is 0 Å². The molecule has 4 nitrogen and oxygen atoms in total. The third kappa shape index (κ3) is 3.95. The summed E-state index contributed by atoms with van der Waals surface area (Å²) in [7, 11) is 3.63. The fraction of sp³-hybridized carbons (Fsp3) is 0.923. The minimum absolute atomic E-state index is 0.0130. The largest absolute Gasteiger partial charge is 0.377 e. The number of rotatable bonds is 5. The van der Waals surface area contributed by atoms with Crippen molar-refractivity contribution in [1.82, 2.24) is 10.2 Å². The van der Waals surface area contributed by atoms with Crippen LogP contribution in [0.15, 0.2) is 0 Å². The maximum atomic E-state index is 9.11. The molecule has 4 heteroatoms. The van der Waals surface area contributed by atoms with Gasteiger partial charge in [0.2, 0.25) is 0 Å². The summed E-state index contributed by atoms with van der Waals surface area (Å²) in [5.74, 6) is 0. The fourth-order valence-electron chi connectivity index (χ4n) is 2.28. The van der Waals surface area contributed by atoms with Gasteiger partial charge in [-0.25, -0.2) is 0 Å². The molecule has 0 amide bonds. The van der Waals surface area contributed by atoms with Crippen molar-refractivity contribution >= 4 is 0 Å². The number of nitrogens with one attached hydrogen (secondary N) is 1. The van der Waals surface area contributed by atoms with Crippen molar-refractivity contribution in [2.45, 2.75) is 44.2 Å². The normalized spacial score (nSPS) is 29.6. The van der Waals surface area contributed by atoms with Crippen LogP contribution in [-0.4, -0.2) is 49.8 Å². The Balaban J connectivity index is 2.45. The van der Waals surface area contributed by atoms with Crippen molar-refractivity contribution in [3.63, 3.8) is 0 Å². The molecule has 0 aliphatic carbocycles. The van der Waals surface area contributed by atoms with E-state index in [1.807, 2.05) is 14.0 Å². The maximum absolute atomic E-state index is 9.11. The molecular formula is C13H25N3O. The minimum atomic E-state index is -0.416.